The van der Waals surface area contributed by atoms with Crippen molar-refractivity contribution < 1.29 is 14.3 Å². The van der Waals surface area contributed by atoms with Gasteiger partial charge in [-0.2, -0.15) is 0 Å². The Bertz CT molecular complexity index is 860. The van der Waals surface area contributed by atoms with E-state index in [1.54, 1.807) is 37.4 Å². The van der Waals surface area contributed by atoms with Crippen LogP contribution in [0.5, 0.6) is 0 Å². The summed E-state index contributed by atoms with van der Waals surface area (Å²) in [5.74, 6) is -0.608. The van der Waals surface area contributed by atoms with Crippen LogP contribution in [0.1, 0.15) is 25.6 Å². The number of thiophene rings is 1. The summed E-state index contributed by atoms with van der Waals surface area (Å²) >= 11 is 1.37. The van der Waals surface area contributed by atoms with Crippen LogP contribution < -0.4 is 4.90 Å². The minimum Gasteiger partial charge on any atom is -0.457 e. The fourth-order valence-corrected chi connectivity index (χ4v) is 3.11. The van der Waals surface area contributed by atoms with Gasteiger partial charge in [-0.3, -0.25) is 4.79 Å². The molecule has 126 valence electrons. The van der Waals surface area contributed by atoms with E-state index in [4.69, 9.17) is 4.74 Å². The normalized spacial score (nSPS) is 10.3. The molecule has 1 amide bonds. The van der Waals surface area contributed by atoms with Crippen molar-refractivity contribution in [3.05, 3.63) is 88.1 Å². The lowest BCUT2D eigenvalue weighted by molar-refractivity contribution is 0.0473. The average Bonchev–Trinajstić information content (AvgIpc) is 3.20. The highest BCUT2D eigenvalue weighted by Gasteiger charge is 2.20. The summed E-state index contributed by atoms with van der Waals surface area (Å²) in [5, 5.41) is 1.85. The Balaban J connectivity index is 1.78. The molecule has 4 nitrogen and oxygen atoms in total. The van der Waals surface area contributed by atoms with Crippen molar-refractivity contribution in [1.82, 2.24) is 0 Å². The van der Waals surface area contributed by atoms with Crippen molar-refractivity contribution in [3.8, 4) is 0 Å². The zero-order valence-electron chi connectivity index (χ0n) is 13.7. The van der Waals surface area contributed by atoms with Crippen molar-refractivity contribution in [2.75, 3.05) is 11.9 Å². The van der Waals surface area contributed by atoms with Crippen molar-refractivity contribution in [1.29, 1.82) is 0 Å². The lowest BCUT2D eigenvalue weighted by Gasteiger charge is -2.19. The molecule has 3 aromatic rings. The van der Waals surface area contributed by atoms with E-state index in [-0.39, 0.29) is 12.5 Å². The molecule has 0 aliphatic heterocycles. The van der Waals surface area contributed by atoms with Crippen LogP contribution in [0, 0.1) is 0 Å². The molecule has 0 saturated carbocycles. The van der Waals surface area contributed by atoms with Crippen LogP contribution in [0.3, 0.4) is 0 Å². The Hall–Kier alpha value is -2.92. The number of para-hydroxylation sites is 1. The maximum absolute atomic E-state index is 12.5. The predicted octanol–water partition coefficient (Wildman–Crippen LogP) is 4.38. The Morgan fingerprint density at radius 1 is 0.960 bits per heavy atom. The van der Waals surface area contributed by atoms with E-state index >= 15 is 0 Å². The van der Waals surface area contributed by atoms with Crippen LogP contribution in [0.2, 0.25) is 0 Å². The first kappa shape index (κ1) is 16.9. The molecular weight excluding hydrogens is 334 g/mol. The van der Waals surface area contributed by atoms with Crippen LogP contribution >= 0.6 is 11.3 Å². The average molecular weight is 351 g/mol. The topological polar surface area (TPSA) is 46.6 Å². The number of anilines is 1. The van der Waals surface area contributed by atoms with E-state index in [1.807, 2.05) is 41.8 Å². The molecule has 1 heterocycles. The lowest BCUT2D eigenvalue weighted by Crippen LogP contribution is -2.27. The number of ether oxygens (including phenoxy) is 1. The third-order valence-electron chi connectivity index (χ3n) is 3.73. The van der Waals surface area contributed by atoms with Crippen LogP contribution in [0.4, 0.5) is 5.69 Å². The van der Waals surface area contributed by atoms with Crippen LogP contribution in [-0.2, 0) is 11.3 Å². The number of rotatable bonds is 5. The van der Waals surface area contributed by atoms with Gasteiger partial charge in [0.15, 0.2) is 0 Å². The number of hydrogen-bond donors (Lipinski definition) is 0. The predicted molar refractivity (Wildman–Crippen MR) is 99.1 cm³/mol. The molecule has 0 bridgehead atoms. The van der Waals surface area contributed by atoms with E-state index in [0.29, 0.717) is 16.1 Å². The summed E-state index contributed by atoms with van der Waals surface area (Å²) in [6, 6.07) is 20.0. The minimum absolute atomic E-state index is 0.154. The van der Waals surface area contributed by atoms with Crippen LogP contribution in [-0.4, -0.2) is 18.9 Å². The molecule has 0 atom stereocenters. The number of carbonyl (C=O) groups is 2. The van der Waals surface area contributed by atoms with Crippen LogP contribution in [0.15, 0.2) is 72.1 Å². The molecular formula is C20H17NO3S. The molecule has 3 rings (SSSR count). The molecule has 0 aliphatic carbocycles. The molecule has 0 saturated heterocycles. The second-order valence-electron chi connectivity index (χ2n) is 5.42. The summed E-state index contributed by atoms with van der Waals surface area (Å²) in [6.07, 6.45) is 0. The third-order valence-corrected chi connectivity index (χ3v) is 4.59. The SMILES string of the molecule is CN(C(=O)c1cccs1)c1ccccc1C(=O)OCc1ccccc1. The van der Waals surface area contributed by atoms with Crippen molar-refractivity contribution in [2.45, 2.75) is 6.61 Å². The van der Waals surface area contributed by atoms with E-state index in [2.05, 4.69) is 0 Å². The zero-order valence-corrected chi connectivity index (χ0v) is 14.5. The summed E-state index contributed by atoms with van der Waals surface area (Å²) in [4.78, 5) is 27.1. The van der Waals surface area contributed by atoms with Gasteiger partial charge >= 0.3 is 5.97 Å². The number of hydrogen-bond acceptors (Lipinski definition) is 4. The van der Waals surface area contributed by atoms with E-state index < -0.39 is 5.97 Å². The summed E-state index contributed by atoms with van der Waals surface area (Å²) < 4.78 is 5.40. The second-order valence-corrected chi connectivity index (χ2v) is 6.37. The first-order chi connectivity index (χ1) is 12.2. The summed E-state index contributed by atoms with van der Waals surface area (Å²) in [5.41, 5.74) is 1.81. The van der Waals surface area contributed by atoms with Gasteiger partial charge in [0.2, 0.25) is 0 Å². The number of esters is 1. The molecule has 1 aromatic heterocycles. The molecule has 25 heavy (non-hydrogen) atoms. The monoisotopic (exact) mass is 351 g/mol. The highest BCUT2D eigenvalue weighted by atomic mass is 32.1. The molecule has 0 N–H and O–H groups in total. The van der Waals surface area contributed by atoms with Gasteiger partial charge < -0.3 is 9.64 Å². The van der Waals surface area contributed by atoms with Crippen molar-refractivity contribution in [3.63, 3.8) is 0 Å². The molecule has 0 fully saturated rings. The van der Waals surface area contributed by atoms with Gasteiger partial charge in [-0.25, -0.2) is 4.79 Å². The highest BCUT2D eigenvalue weighted by Crippen LogP contribution is 2.23. The first-order valence-electron chi connectivity index (χ1n) is 7.78. The first-order valence-corrected chi connectivity index (χ1v) is 8.66. The molecule has 0 radical (unpaired) electrons. The van der Waals surface area contributed by atoms with E-state index in [9.17, 15) is 9.59 Å². The zero-order chi connectivity index (χ0) is 17.6. The highest BCUT2D eigenvalue weighted by molar-refractivity contribution is 7.12. The Labute approximate surface area is 150 Å². The maximum atomic E-state index is 12.5. The van der Waals surface area contributed by atoms with E-state index in [1.165, 1.54) is 16.2 Å². The number of carbonyl (C=O) groups excluding carboxylic acids is 2. The standard InChI is InChI=1S/C20H17NO3S/c1-21(19(22)18-12-7-13-25-18)17-11-6-5-10-16(17)20(23)24-14-15-8-3-2-4-9-15/h2-13H,14H2,1H3. The smallest absolute Gasteiger partial charge is 0.340 e. The van der Waals surface area contributed by atoms with Gasteiger partial charge in [0.1, 0.15) is 6.61 Å². The van der Waals surface area contributed by atoms with Gasteiger partial charge in [0.05, 0.1) is 16.1 Å². The maximum Gasteiger partial charge on any atom is 0.340 e. The molecule has 0 unspecified atom stereocenters. The molecule has 2 aromatic carbocycles. The summed E-state index contributed by atoms with van der Waals surface area (Å²) in [6.45, 7) is 0.191. The van der Waals surface area contributed by atoms with Crippen LogP contribution in [0.25, 0.3) is 0 Å². The van der Waals surface area contributed by atoms with Gasteiger partial charge in [-0.1, -0.05) is 48.5 Å². The van der Waals surface area contributed by atoms with Gasteiger partial charge in [-0.05, 0) is 29.1 Å². The Morgan fingerprint density at radius 3 is 2.40 bits per heavy atom. The third kappa shape index (κ3) is 3.95. The number of amides is 1. The fraction of sp³-hybridized carbons (Fsp3) is 0.100. The van der Waals surface area contributed by atoms with E-state index in [0.717, 1.165) is 5.56 Å². The fourth-order valence-electron chi connectivity index (χ4n) is 2.41. The number of benzene rings is 2. The number of nitrogens with zero attached hydrogens (tertiary/aromatic N) is 1. The van der Waals surface area contributed by atoms with Gasteiger partial charge in [0.25, 0.3) is 5.91 Å². The molecule has 0 aliphatic rings. The van der Waals surface area contributed by atoms with Crippen molar-refractivity contribution in [2.24, 2.45) is 0 Å². The van der Waals surface area contributed by atoms with Crippen molar-refractivity contribution >= 4 is 28.9 Å². The molecule has 0 spiro atoms. The quantitative estimate of drug-likeness (QED) is 0.641. The Morgan fingerprint density at radius 2 is 1.68 bits per heavy atom. The van der Waals surface area contributed by atoms with Gasteiger partial charge in [0, 0.05) is 7.05 Å². The van der Waals surface area contributed by atoms with Gasteiger partial charge in [-0.15, -0.1) is 11.3 Å². The molecule has 5 heteroatoms. The minimum atomic E-state index is -0.453. The second kappa shape index (κ2) is 7.77. The largest absolute Gasteiger partial charge is 0.457 e. The Kier molecular flexibility index (Phi) is 5.26. The summed E-state index contributed by atoms with van der Waals surface area (Å²) in [7, 11) is 1.66. The lowest BCUT2D eigenvalue weighted by atomic mass is 10.1.